The first-order chi connectivity index (χ1) is 8.20. The molecule has 0 spiro atoms. The van der Waals surface area contributed by atoms with Gasteiger partial charge < -0.3 is 4.74 Å². The molecule has 1 heterocycles. The lowest BCUT2D eigenvalue weighted by molar-refractivity contribution is -0.00342. The van der Waals surface area contributed by atoms with Gasteiger partial charge in [0.2, 0.25) is 0 Å². The van der Waals surface area contributed by atoms with Gasteiger partial charge in [0.1, 0.15) is 11.6 Å². The van der Waals surface area contributed by atoms with Crippen molar-refractivity contribution in [2.45, 2.75) is 12.6 Å². The Morgan fingerprint density at radius 2 is 2.12 bits per heavy atom. The Morgan fingerprint density at radius 3 is 2.76 bits per heavy atom. The standard InChI is InChI=1S/C12H12F2N2O/c13-11-2-1-3-12(14)10(11)8-16-4-5-17-9(6-15)7-16/h1-3,9H,4-5,7-8H2. The monoisotopic (exact) mass is 238 g/mol. The smallest absolute Gasteiger partial charge is 0.156 e. The van der Waals surface area contributed by atoms with Crippen molar-refractivity contribution < 1.29 is 13.5 Å². The van der Waals surface area contributed by atoms with Crippen LogP contribution in [0, 0.1) is 23.0 Å². The van der Waals surface area contributed by atoms with Gasteiger partial charge in [0.05, 0.1) is 12.7 Å². The van der Waals surface area contributed by atoms with E-state index in [0.717, 1.165) is 0 Å². The number of nitriles is 1. The maximum atomic E-state index is 13.4. The third-order valence-corrected chi connectivity index (χ3v) is 2.74. The largest absolute Gasteiger partial charge is 0.361 e. The second-order valence-corrected chi connectivity index (χ2v) is 3.92. The minimum atomic E-state index is -0.551. The fourth-order valence-electron chi connectivity index (χ4n) is 1.83. The molecule has 1 unspecified atom stereocenters. The molecule has 0 aromatic heterocycles. The van der Waals surface area contributed by atoms with Gasteiger partial charge in [-0.15, -0.1) is 0 Å². The summed E-state index contributed by atoms with van der Waals surface area (Å²) >= 11 is 0. The average molecular weight is 238 g/mol. The average Bonchev–Trinajstić information content (AvgIpc) is 2.34. The molecule has 2 rings (SSSR count). The van der Waals surface area contributed by atoms with Crippen LogP contribution in [0.3, 0.4) is 0 Å². The van der Waals surface area contributed by atoms with E-state index in [4.69, 9.17) is 10.00 Å². The molecule has 17 heavy (non-hydrogen) atoms. The maximum absolute atomic E-state index is 13.4. The first-order valence-electron chi connectivity index (χ1n) is 5.37. The summed E-state index contributed by atoms with van der Waals surface area (Å²) in [6.45, 7) is 1.53. The molecule has 5 heteroatoms. The number of nitrogens with zero attached hydrogens (tertiary/aromatic N) is 2. The molecule has 90 valence electrons. The van der Waals surface area contributed by atoms with E-state index < -0.39 is 17.7 Å². The quantitative estimate of drug-likeness (QED) is 0.786. The number of hydrogen-bond donors (Lipinski definition) is 0. The van der Waals surface area contributed by atoms with Gasteiger partial charge in [-0.1, -0.05) is 6.07 Å². The van der Waals surface area contributed by atoms with Crippen molar-refractivity contribution in [3.63, 3.8) is 0 Å². The Bertz CT molecular complexity index is 424. The van der Waals surface area contributed by atoms with Crippen LogP contribution in [0.15, 0.2) is 18.2 Å². The Labute approximate surface area is 98.2 Å². The van der Waals surface area contributed by atoms with Crippen LogP contribution in [-0.4, -0.2) is 30.7 Å². The molecule has 0 saturated carbocycles. The Kier molecular flexibility index (Phi) is 3.67. The van der Waals surface area contributed by atoms with Crippen molar-refractivity contribution in [1.29, 1.82) is 5.26 Å². The van der Waals surface area contributed by atoms with E-state index in [0.29, 0.717) is 19.7 Å². The second-order valence-electron chi connectivity index (χ2n) is 3.92. The molecule has 0 N–H and O–H groups in total. The summed E-state index contributed by atoms with van der Waals surface area (Å²) < 4.78 is 32.0. The Morgan fingerprint density at radius 1 is 1.41 bits per heavy atom. The maximum Gasteiger partial charge on any atom is 0.156 e. The zero-order valence-corrected chi connectivity index (χ0v) is 9.20. The van der Waals surface area contributed by atoms with Crippen LogP contribution in [0.5, 0.6) is 0 Å². The minimum absolute atomic E-state index is 0.0473. The van der Waals surface area contributed by atoms with Crippen LogP contribution in [0.1, 0.15) is 5.56 Å². The normalized spacial score (nSPS) is 21.1. The van der Waals surface area contributed by atoms with E-state index in [1.165, 1.54) is 18.2 Å². The number of benzene rings is 1. The first kappa shape index (κ1) is 12.0. The number of morpholine rings is 1. The molecule has 1 atom stereocenters. The zero-order chi connectivity index (χ0) is 12.3. The number of rotatable bonds is 2. The predicted molar refractivity (Wildman–Crippen MR) is 57.0 cm³/mol. The molecule has 0 bridgehead atoms. The zero-order valence-electron chi connectivity index (χ0n) is 9.20. The molecule has 1 fully saturated rings. The van der Waals surface area contributed by atoms with Crippen molar-refractivity contribution >= 4 is 0 Å². The van der Waals surface area contributed by atoms with Crippen molar-refractivity contribution in [1.82, 2.24) is 4.90 Å². The molecule has 1 aromatic rings. The summed E-state index contributed by atoms with van der Waals surface area (Å²) in [5.74, 6) is -1.10. The van der Waals surface area contributed by atoms with Crippen molar-refractivity contribution in [3.8, 4) is 6.07 Å². The van der Waals surface area contributed by atoms with Gasteiger partial charge in [-0.2, -0.15) is 5.26 Å². The molecule has 0 aliphatic carbocycles. The van der Waals surface area contributed by atoms with Gasteiger partial charge in [-0.05, 0) is 12.1 Å². The van der Waals surface area contributed by atoms with E-state index in [1.54, 1.807) is 0 Å². The van der Waals surface area contributed by atoms with Gasteiger partial charge in [0.25, 0.3) is 0 Å². The fourth-order valence-corrected chi connectivity index (χ4v) is 1.83. The lowest BCUT2D eigenvalue weighted by Crippen LogP contribution is -2.41. The highest BCUT2D eigenvalue weighted by atomic mass is 19.1. The molecule has 1 aromatic carbocycles. The Balaban J connectivity index is 2.08. The second kappa shape index (κ2) is 5.21. The van der Waals surface area contributed by atoms with Crippen LogP contribution in [0.2, 0.25) is 0 Å². The third-order valence-electron chi connectivity index (χ3n) is 2.74. The summed E-state index contributed by atoms with van der Waals surface area (Å²) in [4.78, 5) is 1.82. The lowest BCUT2D eigenvalue weighted by Gasteiger charge is -2.29. The van der Waals surface area contributed by atoms with Crippen LogP contribution in [0.4, 0.5) is 8.78 Å². The molecule has 0 amide bonds. The summed E-state index contributed by atoms with van der Waals surface area (Å²) in [5.41, 5.74) is 0.0473. The van der Waals surface area contributed by atoms with Gasteiger partial charge in [-0.25, -0.2) is 8.78 Å². The van der Waals surface area contributed by atoms with E-state index in [9.17, 15) is 8.78 Å². The van der Waals surface area contributed by atoms with E-state index in [1.807, 2.05) is 11.0 Å². The summed E-state index contributed by atoms with van der Waals surface area (Å²) in [6, 6.07) is 5.81. The van der Waals surface area contributed by atoms with E-state index in [2.05, 4.69) is 0 Å². The van der Waals surface area contributed by atoms with Crippen LogP contribution >= 0.6 is 0 Å². The number of ether oxygens (including phenoxy) is 1. The van der Waals surface area contributed by atoms with Gasteiger partial charge in [0, 0.05) is 25.2 Å². The lowest BCUT2D eigenvalue weighted by atomic mass is 10.1. The number of hydrogen-bond acceptors (Lipinski definition) is 3. The van der Waals surface area contributed by atoms with E-state index >= 15 is 0 Å². The SMILES string of the molecule is N#CC1CN(Cc2c(F)cccc2F)CCO1. The van der Waals surface area contributed by atoms with Crippen LogP contribution < -0.4 is 0 Å². The molecule has 1 aliphatic rings. The molecule has 0 radical (unpaired) electrons. The fraction of sp³-hybridized carbons (Fsp3) is 0.417. The van der Waals surface area contributed by atoms with Crippen molar-refractivity contribution in [2.75, 3.05) is 19.7 Å². The van der Waals surface area contributed by atoms with Crippen LogP contribution in [-0.2, 0) is 11.3 Å². The van der Waals surface area contributed by atoms with Crippen molar-refractivity contribution in [2.24, 2.45) is 0 Å². The van der Waals surface area contributed by atoms with Gasteiger partial charge in [-0.3, -0.25) is 4.90 Å². The highest BCUT2D eigenvalue weighted by molar-refractivity contribution is 5.19. The topological polar surface area (TPSA) is 36.3 Å². The summed E-state index contributed by atoms with van der Waals surface area (Å²) in [6.07, 6.45) is -0.515. The van der Waals surface area contributed by atoms with Gasteiger partial charge >= 0.3 is 0 Å². The van der Waals surface area contributed by atoms with E-state index in [-0.39, 0.29) is 12.1 Å². The highest BCUT2D eigenvalue weighted by Crippen LogP contribution is 2.16. The molecule has 1 aliphatic heterocycles. The van der Waals surface area contributed by atoms with Gasteiger partial charge in [0.15, 0.2) is 6.10 Å². The molecule has 3 nitrogen and oxygen atoms in total. The van der Waals surface area contributed by atoms with Crippen LogP contribution in [0.25, 0.3) is 0 Å². The third kappa shape index (κ3) is 2.78. The predicted octanol–water partition coefficient (Wildman–Crippen LogP) is 1.69. The number of halogens is 2. The Hall–Kier alpha value is -1.51. The molecular formula is C12H12F2N2O. The minimum Gasteiger partial charge on any atom is -0.361 e. The molecular weight excluding hydrogens is 226 g/mol. The summed E-state index contributed by atoms with van der Waals surface area (Å²) in [5, 5.41) is 8.73. The molecule has 1 saturated heterocycles. The summed E-state index contributed by atoms with van der Waals surface area (Å²) in [7, 11) is 0. The highest BCUT2D eigenvalue weighted by Gasteiger charge is 2.21. The first-order valence-corrected chi connectivity index (χ1v) is 5.37. The van der Waals surface area contributed by atoms with Crippen molar-refractivity contribution in [3.05, 3.63) is 35.4 Å².